The van der Waals surface area contributed by atoms with Crippen molar-refractivity contribution in [2.75, 3.05) is 6.61 Å². The van der Waals surface area contributed by atoms with Crippen LogP contribution in [0.5, 0.6) is 0 Å². The van der Waals surface area contributed by atoms with E-state index in [-0.39, 0.29) is 17.8 Å². The zero-order chi connectivity index (χ0) is 12.6. The maximum absolute atomic E-state index is 10.6. The van der Waals surface area contributed by atoms with Crippen LogP contribution in [-0.4, -0.2) is 35.6 Å². The van der Waals surface area contributed by atoms with E-state index in [4.69, 9.17) is 9.47 Å². The van der Waals surface area contributed by atoms with Crippen LogP contribution in [0.3, 0.4) is 0 Å². The third-order valence-electron chi connectivity index (χ3n) is 5.17. The van der Waals surface area contributed by atoms with Crippen molar-refractivity contribution in [3.05, 3.63) is 0 Å². The minimum Gasteiger partial charge on any atom is -0.390 e. The highest BCUT2D eigenvalue weighted by atomic mass is 16.5. The van der Waals surface area contributed by atoms with Crippen LogP contribution < -0.4 is 0 Å². The van der Waals surface area contributed by atoms with Crippen LogP contribution in [0, 0.1) is 5.92 Å². The highest BCUT2D eigenvalue weighted by molar-refractivity contribution is 4.94. The topological polar surface area (TPSA) is 38.7 Å². The highest BCUT2D eigenvalue weighted by Crippen LogP contribution is 2.44. The lowest BCUT2D eigenvalue weighted by Crippen LogP contribution is -2.44. The molecule has 0 radical (unpaired) electrons. The molecule has 0 aromatic heterocycles. The minimum absolute atomic E-state index is 0.0709. The lowest BCUT2D eigenvalue weighted by molar-refractivity contribution is -0.134. The van der Waals surface area contributed by atoms with Gasteiger partial charge in [0.2, 0.25) is 0 Å². The molecule has 4 atom stereocenters. The van der Waals surface area contributed by atoms with E-state index in [0.29, 0.717) is 12.0 Å². The first kappa shape index (κ1) is 12.9. The molecule has 1 aliphatic carbocycles. The third-order valence-corrected chi connectivity index (χ3v) is 5.17. The number of rotatable bonds is 2. The predicted molar refractivity (Wildman–Crippen MR) is 69.5 cm³/mol. The molecule has 3 heteroatoms. The molecule has 3 rings (SSSR count). The number of hydrogen-bond donors (Lipinski definition) is 1. The average molecular weight is 254 g/mol. The predicted octanol–water partition coefficient (Wildman–Crippen LogP) is 2.65. The Hall–Kier alpha value is -0.120. The molecule has 0 bridgehead atoms. The average Bonchev–Trinajstić information content (AvgIpc) is 2.98. The van der Waals surface area contributed by atoms with Crippen molar-refractivity contribution < 1.29 is 14.6 Å². The fourth-order valence-electron chi connectivity index (χ4n) is 4.11. The van der Waals surface area contributed by atoms with Crippen molar-refractivity contribution in [2.24, 2.45) is 5.92 Å². The van der Waals surface area contributed by atoms with Gasteiger partial charge >= 0.3 is 0 Å². The minimum atomic E-state index is -0.281. The molecule has 104 valence electrons. The molecule has 2 heterocycles. The van der Waals surface area contributed by atoms with Gasteiger partial charge in [-0.15, -0.1) is 0 Å². The molecule has 2 aliphatic heterocycles. The van der Waals surface area contributed by atoms with E-state index >= 15 is 0 Å². The maximum atomic E-state index is 10.6. The zero-order valence-electron chi connectivity index (χ0n) is 11.4. The smallest absolute Gasteiger partial charge is 0.0841 e. The van der Waals surface area contributed by atoms with Crippen LogP contribution in [0.15, 0.2) is 0 Å². The van der Waals surface area contributed by atoms with Gasteiger partial charge in [0.15, 0.2) is 0 Å². The van der Waals surface area contributed by atoms with Gasteiger partial charge in [0.05, 0.1) is 23.9 Å². The SMILES string of the molecule is CC1CCC(C(O)C2CCOC3(CCCC3)C2)O1. The van der Waals surface area contributed by atoms with Crippen LogP contribution in [0.1, 0.15) is 58.3 Å². The van der Waals surface area contributed by atoms with Crippen LogP contribution in [0.2, 0.25) is 0 Å². The Morgan fingerprint density at radius 3 is 2.61 bits per heavy atom. The van der Waals surface area contributed by atoms with E-state index in [2.05, 4.69) is 6.92 Å². The van der Waals surface area contributed by atoms with E-state index in [0.717, 1.165) is 32.3 Å². The maximum Gasteiger partial charge on any atom is 0.0841 e. The van der Waals surface area contributed by atoms with Gasteiger partial charge in [-0.3, -0.25) is 0 Å². The Morgan fingerprint density at radius 2 is 1.94 bits per heavy atom. The van der Waals surface area contributed by atoms with Crippen LogP contribution in [-0.2, 0) is 9.47 Å². The standard InChI is InChI=1S/C15H26O3/c1-11-4-5-13(18-11)14(16)12-6-9-17-15(10-12)7-2-3-8-15/h11-14,16H,2-10H2,1H3. The Balaban J connectivity index is 1.61. The van der Waals surface area contributed by atoms with Crippen molar-refractivity contribution in [1.82, 2.24) is 0 Å². The summed E-state index contributed by atoms with van der Waals surface area (Å²) < 4.78 is 11.9. The molecule has 18 heavy (non-hydrogen) atoms. The molecule has 1 saturated carbocycles. The fraction of sp³-hybridized carbons (Fsp3) is 1.00. The lowest BCUT2D eigenvalue weighted by Gasteiger charge is -2.41. The Kier molecular flexibility index (Phi) is 3.65. The molecular formula is C15H26O3. The summed E-state index contributed by atoms with van der Waals surface area (Å²) in [6.45, 7) is 2.93. The van der Waals surface area contributed by atoms with E-state index in [9.17, 15) is 5.11 Å². The van der Waals surface area contributed by atoms with Crippen molar-refractivity contribution in [3.8, 4) is 0 Å². The quantitative estimate of drug-likeness (QED) is 0.823. The largest absolute Gasteiger partial charge is 0.390 e. The third kappa shape index (κ3) is 2.45. The highest BCUT2D eigenvalue weighted by Gasteiger charge is 2.44. The Labute approximate surface area is 110 Å². The summed E-state index contributed by atoms with van der Waals surface area (Å²) in [6.07, 6.45) is 9.24. The molecule has 2 saturated heterocycles. The Bertz CT molecular complexity index is 285. The molecular weight excluding hydrogens is 228 g/mol. The van der Waals surface area contributed by atoms with Gasteiger partial charge in [-0.05, 0) is 51.4 Å². The van der Waals surface area contributed by atoms with Gasteiger partial charge in [0, 0.05) is 6.61 Å². The van der Waals surface area contributed by atoms with E-state index < -0.39 is 0 Å². The number of ether oxygens (including phenoxy) is 2. The van der Waals surface area contributed by atoms with Crippen molar-refractivity contribution in [3.63, 3.8) is 0 Å². The number of aliphatic hydroxyl groups excluding tert-OH is 1. The second-order valence-electron chi connectivity index (χ2n) is 6.54. The summed E-state index contributed by atoms with van der Waals surface area (Å²) in [7, 11) is 0. The van der Waals surface area contributed by atoms with E-state index in [1.165, 1.54) is 25.7 Å². The monoisotopic (exact) mass is 254 g/mol. The van der Waals surface area contributed by atoms with E-state index in [1.54, 1.807) is 0 Å². The molecule has 1 N–H and O–H groups in total. The van der Waals surface area contributed by atoms with Crippen LogP contribution in [0.25, 0.3) is 0 Å². The van der Waals surface area contributed by atoms with Crippen molar-refractivity contribution in [2.45, 2.75) is 82.2 Å². The molecule has 0 aromatic carbocycles. The first-order chi connectivity index (χ1) is 8.69. The Morgan fingerprint density at radius 1 is 1.17 bits per heavy atom. The van der Waals surface area contributed by atoms with E-state index in [1.807, 2.05) is 0 Å². The molecule has 0 amide bonds. The summed E-state index contributed by atoms with van der Waals surface area (Å²) in [5.41, 5.74) is 0.105. The summed E-state index contributed by atoms with van der Waals surface area (Å²) in [4.78, 5) is 0. The van der Waals surface area contributed by atoms with Gasteiger partial charge in [0.1, 0.15) is 0 Å². The second kappa shape index (κ2) is 5.10. The fourth-order valence-corrected chi connectivity index (χ4v) is 4.11. The summed E-state index contributed by atoms with van der Waals surface area (Å²) in [5.74, 6) is 0.382. The molecule has 0 aromatic rings. The summed E-state index contributed by atoms with van der Waals surface area (Å²) >= 11 is 0. The zero-order valence-corrected chi connectivity index (χ0v) is 11.4. The van der Waals surface area contributed by atoms with Gasteiger partial charge in [-0.25, -0.2) is 0 Å². The molecule has 3 aliphatic rings. The molecule has 1 spiro atoms. The van der Waals surface area contributed by atoms with Crippen molar-refractivity contribution in [1.29, 1.82) is 0 Å². The summed E-state index contributed by atoms with van der Waals surface area (Å²) in [6, 6.07) is 0. The number of aliphatic hydroxyl groups is 1. The number of hydrogen-bond acceptors (Lipinski definition) is 3. The molecule has 3 nitrogen and oxygen atoms in total. The first-order valence-electron chi connectivity index (χ1n) is 7.66. The van der Waals surface area contributed by atoms with Gasteiger partial charge < -0.3 is 14.6 Å². The molecule has 3 fully saturated rings. The summed E-state index contributed by atoms with van der Waals surface area (Å²) in [5, 5.41) is 10.6. The normalized spacial score (nSPS) is 41.3. The second-order valence-corrected chi connectivity index (χ2v) is 6.54. The van der Waals surface area contributed by atoms with Crippen molar-refractivity contribution >= 4 is 0 Å². The molecule has 4 unspecified atom stereocenters. The van der Waals surface area contributed by atoms with Gasteiger partial charge in [0.25, 0.3) is 0 Å². The van der Waals surface area contributed by atoms with Crippen LogP contribution >= 0.6 is 0 Å². The van der Waals surface area contributed by atoms with Gasteiger partial charge in [-0.2, -0.15) is 0 Å². The van der Waals surface area contributed by atoms with Crippen LogP contribution in [0.4, 0.5) is 0 Å². The van der Waals surface area contributed by atoms with Gasteiger partial charge in [-0.1, -0.05) is 12.8 Å². The lowest BCUT2D eigenvalue weighted by atomic mass is 9.80. The first-order valence-corrected chi connectivity index (χ1v) is 7.66.